The fraction of sp³-hybridized carbons (Fsp3) is 0.188. The topological polar surface area (TPSA) is 53.7 Å². The summed E-state index contributed by atoms with van der Waals surface area (Å²) in [6, 6.07) is 13.1. The number of carbonyl (C=O) groups excluding carboxylic acids is 1. The van der Waals surface area contributed by atoms with Crippen LogP contribution < -0.4 is 0 Å². The van der Waals surface area contributed by atoms with E-state index in [9.17, 15) is 10.0 Å². The van der Waals surface area contributed by atoms with Crippen LogP contribution in [0.1, 0.15) is 25.5 Å². The molecule has 0 saturated carbocycles. The first-order valence-corrected chi connectivity index (χ1v) is 6.48. The van der Waals surface area contributed by atoms with Crippen molar-refractivity contribution in [2.75, 3.05) is 0 Å². The number of benzene rings is 2. The molecular weight excluding hydrogens is 254 g/mol. The van der Waals surface area contributed by atoms with Crippen LogP contribution in [0.4, 0.5) is 0 Å². The van der Waals surface area contributed by atoms with Crippen molar-refractivity contribution in [2.45, 2.75) is 19.9 Å². The zero-order valence-corrected chi connectivity index (χ0v) is 11.3. The van der Waals surface area contributed by atoms with Crippen molar-refractivity contribution in [2.24, 2.45) is 0 Å². The Bertz CT molecular complexity index is 791. The first-order chi connectivity index (χ1) is 9.58. The van der Waals surface area contributed by atoms with Gasteiger partial charge in [-0.2, -0.15) is 0 Å². The van der Waals surface area contributed by atoms with E-state index in [1.807, 2.05) is 42.5 Å². The second-order valence-corrected chi connectivity index (χ2v) is 4.89. The fourth-order valence-corrected chi connectivity index (χ4v) is 2.42. The number of para-hydroxylation sites is 1. The summed E-state index contributed by atoms with van der Waals surface area (Å²) in [5, 5.41) is 12.5. The highest BCUT2D eigenvalue weighted by Crippen LogP contribution is 2.31. The highest BCUT2D eigenvalue weighted by Gasteiger charge is 2.17. The van der Waals surface area contributed by atoms with E-state index in [4.69, 9.17) is 4.42 Å². The van der Waals surface area contributed by atoms with Gasteiger partial charge in [0, 0.05) is 17.7 Å². The van der Waals surface area contributed by atoms with Crippen LogP contribution >= 0.6 is 0 Å². The Morgan fingerprint density at radius 3 is 2.60 bits per heavy atom. The number of hydrogen-bond acceptors (Lipinski definition) is 3. The lowest BCUT2D eigenvalue weighted by molar-refractivity contribution is -0.172. The Labute approximate surface area is 116 Å². The monoisotopic (exact) mass is 269 g/mol. The van der Waals surface area contributed by atoms with Gasteiger partial charge in [0.1, 0.15) is 11.2 Å². The molecule has 0 saturated heterocycles. The zero-order valence-electron chi connectivity index (χ0n) is 11.3. The van der Waals surface area contributed by atoms with Crippen molar-refractivity contribution >= 4 is 27.8 Å². The van der Waals surface area contributed by atoms with E-state index in [0.29, 0.717) is 0 Å². The Morgan fingerprint density at radius 1 is 1.15 bits per heavy atom. The van der Waals surface area contributed by atoms with E-state index in [1.165, 1.54) is 6.92 Å². The Balaban J connectivity index is 2.14. The highest BCUT2D eigenvalue weighted by atomic mass is 16.5. The molecule has 1 N–H and O–H groups in total. The van der Waals surface area contributed by atoms with Crippen LogP contribution in [0.25, 0.3) is 21.9 Å². The van der Waals surface area contributed by atoms with Crippen molar-refractivity contribution in [3.05, 3.63) is 48.0 Å². The summed E-state index contributed by atoms with van der Waals surface area (Å²) in [4.78, 5) is 11.2. The van der Waals surface area contributed by atoms with Gasteiger partial charge in [-0.25, -0.2) is 5.06 Å². The predicted octanol–water partition coefficient (Wildman–Crippen LogP) is 3.88. The molecule has 1 heterocycles. The molecule has 0 aliphatic heterocycles. The average molecular weight is 269 g/mol. The molecule has 0 aliphatic rings. The van der Waals surface area contributed by atoms with Crippen molar-refractivity contribution in [1.82, 2.24) is 5.06 Å². The molecule has 1 unspecified atom stereocenters. The molecule has 1 amide bonds. The van der Waals surface area contributed by atoms with E-state index >= 15 is 0 Å². The largest absolute Gasteiger partial charge is 0.456 e. The smallest absolute Gasteiger partial charge is 0.243 e. The second kappa shape index (κ2) is 4.65. The predicted molar refractivity (Wildman–Crippen MR) is 76.4 cm³/mol. The molecular formula is C16H15NO3. The van der Waals surface area contributed by atoms with Crippen LogP contribution in [0.5, 0.6) is 0 Å². The van der Waals surface area contributed by atoms with E-state index in [-0.39, 0.29) is 5.91 Å². The number of rotatable bonds is 2. The van der Waals surface area contributed by atoms with Gasteiger partial charge in [-0.1, -0.05) is 24.3 Å². The maximum atomic E-state index is 11.2. The molecule has 3 rings (SSSR count). The van der Waals surface area contributed by atoms with Gasteiger partial charge in [0.05, 0.1) is 6.04 Å². The summed E-state index contributed by atoms with van der Waals surface area (Å²) in [6.07, 6.45) is 0. The maximum absolute atomic E-state index is 11.2. The summed E-state index contributed by atoms with van der Waals surface area (Å²) in [7, 11) is 0. The van der Waals surface area contributed by atoms with Gasteiger partial charge in [-0.05, 0) is 30.7 Å². The van der Waals surface area contributed by atoms with Gasteiger partial charge in [-0.3, -0.25) is 10.0 Å². The zero-order chi connectivity index (χ0) is 14.3. The number of hydrogen-bond donors (Lipinski definition) is 1. The molecule has 102 valence electrons. The number of carbonyl (C=O) groups is 1. The normalized spacial score (nSPS) is 12.8. The summed E-state index contributed by atoms with van der Waals surface area (Å²) in [6.45, 7) is 3.12. The molecule has 0 aliphatic carbocycles. The molecule has 3 aromatic rings. The third-order valence-electron chi connectivity index (χ3n) is 3.57. The molecule has 0 spiro atoms. The first kappa shape index (κ1) is 12.7. The van der Waals surface area contributed by atoms with Gasteiger partial charge in [0.15, 0.2) is 0 Å². The van der Waals surface area contributed by atoms with Crippen LogP contribution in [0, 0.1) is 0 Å². The first-order valence-electron chi connectivity index (χ1n) is 6.48. The van der Waals surface area contributed by atoms with E-state index in [0.717, 1.165) is 32.6 Å². The Kier molecular flexibility index (Phi) is 2.95. The molecule has 0 bridgehead atoms. The van der Waals surface area contributed by atoms with E-state index in [2.05, 4.69) is 0 Å². The van der Waals surface area contributed by atoms with Crippen LogP contribution in [0.15, 0.2) is 46.9 Å². The van der Waals surface area contributed by atoms with E-state index < -0.39 is 6.04 Å². The number of amides is 1. The van der Waals surface area contributed by atoms with Crippen LogP contribution in [0.2, 0.25) is 0 Å². The van der Waals surface area contributed by atoms with Gasteiger partial charge in [0.2, 0.25) is 5.91 Å². The van der Waals surface area contributed by atoms with Crippen LogP contribution in [-0.2, 0) is 4.79 Å². The molecule has 2 aromatic carbocycles. The summed E-state index contributed by atoms with van der Waals surface area (Å²) in [5.74, 6) is -0.380. The van der Waals surface area contributed by atoms with Crippen molar-refractivity contribution in [1.29, 1.82) is 0 Å². The van der Waals surface area contributed by atoms with Crippen LogP contribution in [0.3, 0.4) is 0 Å². The molecule has 1 aromatic heterocycles. The standard InChI is InChI=1S/C16H15NO3/c1-10(17(19)11(2)18)12-7-8-16-14(9-12)13-5-3-4-6-15(13)20-16/h3-10,19H,1-2H3. The minimum atomic E-state index is -0.398. The maximum Gasteiger partial charge on any atom is 0.243 e. The van der Waals surface area contributed by atoms with Gasteiger partial charge in [-0.15, -0.1) is 0 Å². The number of hydroxylamine groups is 2. The van der Waals surface area contributed by atoms with E-state index in [1.54, 1.807) is 6.92 Å². The lowest BCUT2D eigenvalue weighted by Gasteiger charge is -2.21. The average Bonchev–Trinajstić information content (AvgIpc) is 2.83. The molecule has 20 heavy (non-hydrogen) atoms. The highest BCUT2D eigenvalue weighted by molar-refractivity contribution is 6.05. The van der Waals surface area contributed by atoms with Crippen molar-refractivity contribution in [3.63, 3.8) is 0 Å². The minimum absolute atomic E-state index is 0.380. The molecule has 4 nitrogen and oxygen atoms in total. The van der Waals surface area contributed by atoms with Crippen molar-refractivity contribution < 1.29 is 14.4 Å². The lowest BCUT2D eigenvalue weighted by atomic mass is 10.0. The molecule has 0 fully saturated rings. The summed E-state index contributed by atoms with van der Waals surface area (Å²) in [5.41, 5.74) is 2.50. The third-order valence-corrected chi connectivity index (χ3v) is 3.57. The Morgan fingerprint density at radius 2 is 1.85 bits per heavy atom. The second-order valence-electron chi connectivity index (χ2n) is 4.89. The quantitative estimate of drug-likeness (QED) is 0.567. The summed E-state index contributed by atoms with van der Waals surface area (Å²) >= 11 is 0. The molecule has 0 radical (unpaired) electrons. The van der Waals surface area contributed by atoms with Gasteiger partial charge < -0.3 is 4.42 Å². The van der Waals surface area contributed by atoms with Crippen molar-refractivity contribution in [3.8, 4) is 0 Å². The number of fused-ring (bicyclic) bond motifs is 3. The van der Waals surface area contributed by atoms with Gasteiger partial charge >= 0.3 is 0 Å². The molecule has 1 atom stereocenters. The SMILES string of the molecule is CC(=O)N(O)C(C)c1ccc2oc3ccccc3c2c1. The Hall–Kier alpha value is -2.33. The lowest BCUT2D eigenvalue weighted by Crippen LogP contribution is -2.27. The number of nitrogens with zero attached hydrogens (tertiary/aromatic N) is 1. The number of furan rings is 1. The minimum Gasteiger partial charge on any atom is -0.456 e. The molecule has 4 heteroatoms. The fourth-order valence-electron chi connectivity index (χ4n) is 2.42. The summed E-state index contributed by atoms with van der Waals surface area (Å²) < 4.78 is 5.75. The third kappa shape index (κ3) is 1.94. The van der Waals surface area contributed by atoms with Crippen LogP contribution in [-0.4, -0.2) is 16.2 Å². The van der Waals surface area contributed by atoms with Gasteiger partial charge in [0.25, 0.3) is 0 Å².